The third kappa shape index (κ3) is 3.73. The number of carbonyl (C=O) groups is 1. The van der Waals surface area contributed by atoms with E-state index >= 15 is 0 Å². The van der Waals surface area contributed by atoms with Gasteiger partial charge in [0.1, 0.15) is 4.88 Å². The minimum absolute atomic E-state index is 0.300. The van der Waals surface area contributed by atoms with Gasteiger partial charge in [0.05, 0.1) is 11.1 Å². The number of sulfonamides is 1. The van der Waals surface area contributed by atoms with Crippen LogP contribution in [0.4, 0.5) is 5.13 Å². The number of hydroxylamine groups is 1. The summed E-state index contributed by atoms with van der Waals surface area (Å²) < 4.78 is 27.0. The summed E-state index contributed by atoms with van der Waals surface area (Å²) in [4.78, 5) is 18.1. The lowest BCUT2D eigenvalue weighted by molar-refractivity contribution is 0.0710. The molecule has 0 radical (unpaired) electrons. The van der Waals surface area contributed by atoms with Crippen molar-refractivity contribution in [1.29, 1.82) is 0 Å². The Kier molecular flexibility index (Phi) is 5.56. The number of nitrogens with one attached hydrogen (secondary N) is 1. The zero-order valence-electron chi connectivity index (χ0n) is 14.3. The van der Waals surface area contributed by atoms with Gasteiger partial charge in [0.2, 0.25) is 10.0 Å². The average molecular weight is 396 g/mol. The van der Waals surface area contributed by atoms with Crippen LogP contribution < -0.4 is 10.4 Å². The number of nitrogens with zero attached hydrogens (tertiary/aromatic N) is 3. The minimum Gasteiger partial charge on any atom is -0.345 e. The van der Waals surface area contributed by atoms with Gasteiger partial charge in [0.25, 0.3) is 5.91 Å². The fourth-order valence-electron chi connectivity index (χ4n) is 2.74. The SMILES string of the molecule is CCc1ccc(S(=O)(=O)N2CCN(c3ncc(C(=O)NO)s3)CC2)cc1. The molecule has 1 aromatic carbocycles. The van der Waals surface area contributed by atoms with Gasteiger partial charge in [-0.2, -0.15) is 4.31 Å². The van der Waals surface area contributed by atoms with E-state index in [9.17, 15) is 13.2 Å². The van der Waals surface area contributed by atoms with E-state index in [2.05, 4.69) is 4.98 Å². The summed E-state index contributed by atoms with van der Waals surface area (Å²) in [5.74, 6) is -0.606. The second kappa shape index (κ2) is 7.70. The fraction of sp³-hybridized carbons (Fsp3) is 0.375. The summed E-state index contributed by atoms with van der Waals surface area (Å²) in [6.07, 6.45) is 2.26. The maximum Gasteiger partial charge on any atom is 0.286 e. The Morgan fingerprint density at radius 3 is 2.46 bits per heavy atom. The Labute approximate surface area is 156 Å². The Bertz CT molecular complexity index is 872. The Morgan fingerprint density at radius 2 is 1.88 bits per heavy atom. The molecule has 0 aliphatic carbocycles. The van der Waals surface area contributed by atoms with Crippen LogP contribution >= 0.6 is 11.3 Å². The number of amides is 1. The van der Waals surface area contributed by atoms with Crippen LogP contribution in [-0.2, 0) is 16.4 Å². The summed E-state index contributed by atoms with van der Waals surface area (Å²) in [5, 5.41) is 9.30. The molecule has 3 rings (SSSR count). The molecule has 0 saturated carbocycles. The number of hydrogen-bond acceptors (Lipinski definition) is 7. The maximum absolute atomic E-state index is 12.8. The van der Waals surface area contributed by atoms with Crippen LogP contribution in [-0.4, -0.2) is 55.0 Å². The molecule has 0 bridgehead atoms. The van der Waals surface area contributed by atoms with E-state index in [0.717, 1.165) is 23.3 Å². The number of benzene rings is 1. The van der Waals surface area contributed by atoms with E-state index in [-0.39, 0.29) is 0 Å². The average Bonchev–Trinajstić information content (AvgIpc) is 3.17. The summed E-state index contributed by atoms with van der Waals surface area (Å²) >= 11 is 1.16. The summed E-state index contributed by atoms with van der Waals surface area (Å²) in [5.41, 5.74) is 2.67. The molecule has 26 heavy (non-hydrogen) atoms. The van der Waals surface area contributed by atoms with Gasteiger partial charge in [-0.15, -0.1) is 0 Å². The smallest absolute Gasteiger partial charge is 0.286 e. The second-order valence-corrected chi connectivity index (χ2v) is 8.78. The van der Waals surface area contributed by atoms with E-state index < -0.39 is 15.9 Å². The van der Waals surface area contributed by atoms with Crippen molar-refractivity contribution < 1.29 is 18.4 Å². The van der Waals surface area contributed by atoms with Crippen molar-refractivity contribution in [2.45, 2.75) is 18.2 Å². The van der Waals surface area contributed by atoms with Crippen molar-refractivity contribution in [3.8, 4) is 0 Å². The highest BCUT2D eigenvalue weighted by atomic mass is 32.2. The number of thiazole rings is 1. The van der Waals surface area contributed by atoms with Gasteiger partial charge in [0, 0.05) is 26.2 Å². The summed E-state index contributed by atoms with van der Waals surface area (Å²) in [6.45, 7) is 3.69. The van der Waals surface area contributed by atoms with Gasteiger partial charge in [-0.1, -0.05) is 30.4 Å². The third-order valence-corrected chi connectivity index (χ3v) is 7.27. The van der Waals surface area contributed by atoms with Gasteiger partial charge in [-0.3, -0.25) is 10.0 Å². The normalized spacial score (nSPS) is 15.8. The van der Waals surface area contributed by atoms with Gasteiger partial charge >= 0.3 is 0 Å². The molecule has 140 valence electrons. The molecule has 1 amide bonds. The Hall–Kier alpha value is -2.01. The molecule has 1 aliphatic rings. The minimum atomic E-state index is -3.51. The van der Waals surface area contributed by atoms with Crippen molar-refractivity contribution in [2.75, 3.05) is 31.1 Å². The van der Waals surface area contributed by atoms with Crippen molar-refractivity contribution in [3.05, 3.63) is 40.9 Å². The number of hydrogen-bond donors (Lipinski definition) is 2. The standard InChI is InChI=1S/C16H20N4O4S2/c1-2-12-3-5-13(6-4-12)26(23,24)20-9-7-19(8-10-20)16-17-11-14(25-16)15(21)18-22/h3-6,11,22H,2,7-10H2,1H3,(H,18,21). The zero-order valence-corrected chi connectivity index (χ0v) is 15.9. The first-order valence-electron chi connectivity index (χ1n) is 8.20. The zero-order chi connectivity index (χ0) is 18.7. The topological polar surface area (TPSA) is 103 Å². The van der Waals surface area contributed by atoms with Gasteiger partial charge in [-0.25, -0.2) is 18.9 Å². The van der Waals surface area contributed by atoms with Crippen LogP contribution in [0.25, 0.3) is 0 Å². The predicted molar refractivity (Wildman–Crippen MR) is 98.2 cm³/mol. The first kappa shape index (κ1) is 18.8. The van der Waals surface area contributed by atoms with E-state index in [1.807, 2.05) is 24.0 Å². The quantitative estimate of drug-likeness (QED) is 0.584. The largest absolute Gasteiger partial charge is 0.345 e. The molecule has 2 N–H and O–H groups in total. The number of anilines is 1. The van der Waals surface area contributed by atoms with Crippen LogP contribution in [0.3, 0.4) is 0 Å². The van der Waals surface area contributed by atoms with E-state index in [1.54, 1.807) is 17.6 Å². The predicted octanol–water partition coefficient (Wildman–Crippen LogP) is 1.34. The van der Waals surface area contributed by atoms with E-state index in [0.29, 0.717) is 41.1 Å². The number of carbonyl (C=O) groups excluding carboxylic acids is 1. The lowest BCUT2D eigenvalue weighted by Crippen LogP contribution is -2.48. The molecule has 8 nitrogen and oxygen atoms in total. The van der Waals surface area contributed by atoms with Gasteiger partial charge in [0.15, 0.2) is 5.13 Å². The highest BCUT2D eigenvalue weighted by molar-refractivity contribution is 7.89. The number of piperazine rings is 1. The Morgan fingerprint density at radius 1 is 1.23 bits per heavy atom. The lowest BCUT2D eigenvalue weighted by atomic mass is 10.2. The summed E-state index contributed by atoms with van der Waals surface area (Å²) in [7, 11) is -3.51. The first-order chi connectivity index (χ1) is 12.5. The van der Waals surface area contributed by atoms with E-state index in [4.69, 9.17) is 5.21 Å². The molecule has 1 fully saturated rings. The monoisotopic (exact) mass is 396 g/mol. The molecule has 2 aromatic rings. The molecule has 0 unspecified atom stereocenters. The molecule has 1 saturated heterocycles. The van der Waals surface area contributed by atoms with Crippen LogP contribution in [0, 0.1) is 0 Å². The third-order valence-electron chi connectivity index (χ3n) is 4.30. The van der Waals surface area contributed by atoms with Crippen LogP contribution in [0.1, 0.15) is 22.2 Å². The summed E-state index contributed by atoms with van der Waals surface area (Å²) in [6, 6.07) is 6.99. The first-order valence-corrected chi connectivity index (χ1v) is 10.5. The van der Waals surface area contributed by atoms with Crippen molar-refractivity contribution >= 4 is 32.4 Å². The fourth-order valence-corrected chi connectivity index (χ4v) is 5.02. The number of aryl methyl sites for hydroxylation is 1. The number of rotatable bonds is 5. The lowest BCUT2D eigenvalue weighted by Gasteiger charge is -2.33. The number of aromatic nitrogens is 1. The molecule has 0 atom stereocenters. The molecule has 2 heterocycles. The molecule has 10 heteroatoms. The van der Waals surface area contributed by atoms with Crippen LogP contribution in [0.5, 0.6) is 0 Å². The van der Waals surface area contributed by atoms with Gasteiger partial charge < -0.3 is 4.90 Å². The Balaban J connectivity index is 1.67. The maximum atomic E-state index is 12.8. The highest BCUT2D eigenvalue weighted by Gasteiger charge is 2.29. The molecular weight excluding hydrogens is 376 g/mol. The molecular formula is C16H20N4O4S2. The molecule has 1 aromatic heterocycles. The van der Waals surface area contributed by atoms with Crippen LogP contribution in [0.15, 0.2) is 35.4 Å². The molecule has 1 aliphatic heterocycles. The molecule has 0 spiro atoms. The van der Waals surface area contributed by atoms with Crippen LogP contribution in [0.2, 0.25) is 0 Å². The van der Waals surface area contributed by atoms with Crippen molar-refractivity contribution in [2.24, 2.45) is 0 Å². The van der Waals surface area contributed by atoms with Gasteiger partial charge in [-0.05, 0) is 24.1 Å². The van der Waals surface area contributed by atoms with Crippen molar-refractivity contribution in [3.63, 3.8) is 0 Å². The highest BCUT2D eigenvalue weighted by Crippen LogP contribution is 2.25. The van der Waals surface area contributed by atoms with E-state index in [1.165, 1.54) is 10.5 Å². The van der Waals surface area contributed by atoms with Crippen molar-refractivity contribution in [1.82, 2.24) is 14.8 Å². The second-order valence-electron chi connectivity index (χ2n) is 5.84.